The number of carbonyl (C=O) groups excluding carboxylic acids is 1. The van der Waals surface area contributed by atoms with E-state index in [4.69, 9.17) is 4.98 Å². The van der Waals surface area contributed by atoms with Gasteiger partial charge in [-0.05, 0) is 80.7 Å². The molecule has 0 aliphatic carbocycles. The molecule has 2 aromatic heterocycles. The zero-order valence-corrected chi connectivity index (χ0v) is 18.0. The number of hydrogen-bond acceptors (Lipinski definition) is 4. The molecule has 3 aromatic rings. The molecule has 5 heteroatoms. The van der Waals surface area contributed by atoms with Crippen LogP contribution in [0.4, 0.5) is 0 Å². The molecule has 0 fully saturated rings. The molecule has 1 amide bonds. The Morgan fingerprint density at radius 2 is 1.89 bits per heavy atom. The maximum Gasteiger partial charge on any atom is 0.252 e. The van der Waals surface area contributed by atoms with Crippen LogP contribution in [0.5, 0.6) is 0 Å². The average Bonchev–Trinajstić information content (AvgIpc) is 3.23. The van der Waals surface area contributed by atoms with Crippen LogP contribution in [-0.4, -0.2) is 42.0 Å². The summed E-state index contributed by atoms with van der Waals surface area (Å²) in [6, 6.07) is 10.2. The number of fused-ring (bicyclic) bond motifs is 1. The molecule has 148 valence electrons. The molecule has 3 rings (SSSR count). The predicted molar refractivity (Wildman–Crippen MR) is 119 cm³/mol. The minimum atomic E-state index is -0.0204. The maximum absolute atomic E-state index is 13.0. The topological polar surface area (TPSA) is 45.2 Å². The monoisotopic (exact) mass is 395 g/mol. The van der Waals surface area contributed by atoms with E-state index >= 15 is 0 Å². The molecule has 28 heavy (non-hydrogen) atoms. The highest BCUT2D eigenvalue weighted by Crippen LogP contribution is 2.29. The molecule has 0 radical (unpaired) electrons. The lowest BCUT2D eigenvalue weighted by molar-refractivity contribution is 0.0953. The van der Waals surface area contributed by atoms with Gasteiger partial charge in [0.1, 0.15) is 0 Å². The first-order valence-electron chi connectivity index (χ1n) is 10.00. The number of carbonyl (C=O) groups is 1. The van der Waals surface area contributed by atoms with Gasteiger partial charge in [-0.1, -0.05) is 19.9 Å². The molecule has 0 atom stereocenters. The van der Waals surface area contributed by atoms with Gasteiger partial charge in [-0.2, -0.15) is 0 Å². The lowest BCUT2D eigenvalue weighted by Gasteiger charge is -2.18. The molecule has 0 saturated heterocycles. The summed E-state index contributed by atoms with van der Waals surface area (Å²) in [7, 11) is 0. The minimum Gasteiger partial charge on any atom is -0.352 e. The average molecular weight is 396 g/mol. The number of rotatable bonds is 8. The Bertz CT molecular complexity index is 946. The summed E-state index contributed by atoms with van der Waals surface area (Å²) in [6.45, 7) is 12.3. The third-order valence-corrected chi connectivity index (χ3v) is 6.17. The highest BCUT2D eigenvalue weighted by atomic mass is 32.1. The van der Waals surface area contributed by atoms with E-state index in [9.17, 15) is 4.79 Å². The zero-order chi connectivity index (χ0) is 20.1. The fourth-order valence-electron chi connectivity index (χ4n) is 3.36. The van der Waals surface area contributed by atoms with E-state index in [-0.39, 0.29) is 5.91 Å². The molecule has 1 N–H and O–H groups in total. The number of nitrogens with one attached hydrogen (secondary N) is 1. The Labute approximate surface area is 171 Å². The van der Waals surface area contributed by atoms with Gasteiger partial charge in [0.05, 0.1) is 21.7 Å². The van der Waals surface area contributed by atoms with Crippen molar-refractivity contribution in [1.82, 2.24) is 15.2 Å². The summed E-state index contributed by atoms with van der Waals surface area (Å²) in [5.74, 6) is -0.0204. The molecular weight excluding hydrogens is 366 g/mol. The molecule has 0 aliphatic rings. The summed E-state index contributed by atoms with van der Waals surface area (Å²) >= 11 is 1.64. The fraction of sp³-hybridized carbons (Fsp3) is 0.391. The number of pyridine rings is 1. The number of aromatic nitrogens is 1. The van der Waals surface area contributed by atoms with E-state index in [2.05, 4.69) is 50.0 Å². The number of nitrogens with zero attached hydrogens (tertiary/aromatic N) is 2. The molecular formula is C23H29N3OS. The quantitative estimate of drug-likeness (QED) is 0.543. The first kappa shape index (κ1) is 20.5. The van der Waals surface area contributed by atoms with Crippen LogP contribution in [0.2, 0.25) is 0 Å². The fourth-order valence-corrected chi connectivity index (χ4v) is 4.05. The van der Waals surface area contributed by atoms with Crippen molar-refractivity contribution in [3.8, 4) is 10.6 Å². The third-order valence-electron chi connectivity index (χ3n) is 5.27. The Morgan fingerprint density at radius 1 is 1.14 bits per heavy atom. The van der Waals surface area contributed by atoms with Gasteiger partial charge in [0.2, 0.25) is 0 Å². The molecule has 0 aliphatic heterocycles. The first-order chi connectivity index (χ1) is 13.5. The van der Waals surface area contributed by atoms with Crippen LogP contribution >= 0.6 is 11.3 Å². The smallest absolute Gasteiger partial charge is 0.252 e. The van der Waals surface area contributed by atoms with Gasteiger partial charge in [0, 0.05) is 11.9 Å². The summed E-state index contributed by atoms with van der Waals surface area (Å²) in [4.78, 5) is 21.3. The number of benzene rings is 1. The lowest BCUT2D eigenvalue weighted by atomic mass is 10.0. The summed E-state index contributed by atoms with van der Waals surface area (Å²) in [6.07, 6.45) is 0.951. The van der Waals surface area contributed by atoms with E-state index in [0.717, 1.165) is 47.5 Å². The highest BCUT2D eigenvalue weighted by molar-refractivity contribution is 7.13. The Morgan fingerprint density at radius 3 is 2.57 bits per heavy atom. The van der Waals surface area contributed by atoms with Gasteiger partial charge < -0.3 is 10.2 Å². The zero-order valence-electron chi connectivity index (χ0n) is 17.2. The van der Waals surface area contributed by atoms with Crippen molar-refractivity contribution in [1.29, 1.82) is 0 Å². The molecule has 0 spiro atoms. The number of thiophene rings is 1. The third kappa shape index (κ3) is 4.59. The standard InChI is InChI=1S/C23H29N3OS/c1-5-26(6-2)11-8-10-24-23(27)19-15-21(22-9-7-12-28-22)25-20-14-17(4)16(3)13-18(19)20/h7,9,12-15H,5-6,8,10-11H2,1-4H3,(H,24,27). The maximum atomic E-state index is 13.0. The summed E-state index contributed by atoms with van der Waals surface area (Å²) in [5, 5.41) is 6.07. The minimum absolute atomic E-state index is 0.0204. The van der Waals surface area contributed by atoms with E-state index in [0.29, 0.717) is 12.1 Å². The van der Waals surface area contributed by atoms with Crippen LogP contribution in [-0.2, 0) is 0 Å². The summed E-state index contributed by atoms with van der Waals surface area (Å²) < 4.78 is 0. The van der Waals surface area contributed by atoms with Crippen LogP contribution < -0.4 is 5.32 Å². The second-order valence-corrected chi connectivity index (χ2v) is 8.07. The van der Waals surface area contributed by atoms with Gasteiger partial charge in [0.25, 0.3) is 5.91 Å². The van der Waals surface area contributed by atoms with Crippen molar-refractivity contribution in [2.45, 2.75) is 34.1 Å². The van der Waals surface area contributed by atoms with Crippen molar-refractivity contribution in [3.63, 3.8) is 0 Å². The van der Waals surface area contributed by atoms with Crippen molar-refractivity contribution in [2.24, 2.45) is 0 Å². The number of hydrogen-bond donors (Lipinski definition) is 1. The van der Waals surface area contributed by atoms with Crippen molar-refractivity contribution in [3.05, 3.63) is 52.4 Å². The first-order valence-corrected chi connectivity index (χ1v) is 10.9. The normalized spacial score (nSPS) is 11.3. The van der Waals surface area contributed by atoms with E-state index in [1.807, 2.05) is 23.6 Å². The lowest BCUT2D eigenvalue weighted by Crippen LogP contribution is -2.30. The second-order valence-electron chi connectivity index (χ2n) is 7.12. The van der Waals surface area contributed by atoms with Gasteiger partial charge in [-0.3, -0.25) is 4.79 Å². The van der Waals surface area contributed by atoms with Gasteiger partial charge >= 0.3 is 0 Å². The van der Waals surface area contributed by atoms with E-state index < -0.39 is 0 Å². The molecule has 4 nitrogen and oxygen atoms in total. The largest absolute Gasteiger partial charge is 0.352 e. The molecule has 0 bridgehead atoms. The second kappa shape index (κ2) is 9.30. The number of aryl methyl sites for hydroxylation is 2. The Kier molecular flexibility index (Phi) is 6.81. The molecule has 0 saturated carbocycles. The summed E-state index contributed by atoms with van der Waals surface area (Å²) in [5.41, 5.74) is 4.81. The van der Waals surface area contributed by atoms with Crippen LogP contribution in [0, 0.1) is 13.8 Å². The van der Waals surface area contributed by atoms with Gasteiger partial charge in [-0.15, -0.1) is 11.3 Å². The van der Waals surface area contributed by atoms with E-state index in [1.165, 1.54) is 11.1 Å². The number of amides is 1. The van der Waals surface area contributed by atoms with Crippen LogP contribution in [0.15, 0.2) is 35.7 Å². The molecule has 1 aromatic carbocycles. The predicted octanol–water partition coefficient (Wildman–Crippen LogP) is 5.04. The van der Waals surface area contributed by atoms with Crippen LogP contribution in [0.3, 0.4) is 0 Å². The SMILES string of the molecule is CCN(CC)CCCNC(=O)c1cc(-c2cccs2)nc2cc(C)c(C)cc12. The highest BCUT2D eigenvalue weighted by Gasteiger charge is 2.15. The Balaban J connectivity index is 1.87. The van der Waals surface area contributed by atoms with Crippen LogP contribution in [0.25, 0.3) is 21.5 Å². The molecule has 2 heterocycles. The van der Waals surface area contributed by atoms with Crippen molar-refractivity contribution < 1.29 is 4.79 Å². The van der Waals surface area contributed by atoms with Crippen LogP contribution in [0.1, 0.15) is 41.8 Å². The molecule has 0 unspecified atom stereocenters. The Hall–Kier alpha value is -2.24. The van der Waals surface area contributed by atoms with Gasteiger partial charge in [0.15, 0.2) is 0 Å². The van der Waals surface area contributed by atoms with Crippen molar-refractivity contribution in [2.75, 3.05) is 26.2 Å². The van der Waals surface area contributed by atoms with E-state index in [1.54, 1.807) is 11.3 Å². The van der Waals surface area contributed by atoms with Crippen molar-refractivity contribution >= 4 is 28.1 Å². The van der Waals surface area contributed by atoms with Gasteiger partial charge in [-0.25, -0.2) is 4.98 Å².